The average Bonchev–Trinajstić information content (AvgIpc) is 3.08. The molecule has 1 nitrogen and oxygen atoms in total. The molecule has 272 valence electrons. The first-order valence-electron chi connectivity index (χ1n) is 19.4. The molecule has 0 amide bonds. The predicted octanol–water partition coefficient (Wildman–Crippen LogP) is 14.8. The largest absolute Gasteiger partial charge is 0.300 e. The fourth-order valence-electron chi connectivity index (χ4n) is 5.60. The van der Waals surface area contributed by atoms with Crippen molar-refractivity contribution in [2.24, 2.45) is 11.8 Å². The van der Waals surface area contributed by atoms with Gasteiger partial charge in [-0.3, -0.25) is 4.79 Å². The molecule has 0 heterocycles. The quantitative estimate of drug-likeness (QED) is 0.269. The maximum Gasteiger partial charge on any atom is 0.132 e. The van der Waals surface area contributed by atoms with Gasteiger partial charge in [-0.15, -0.1) is 12.3 Å². The van der Waals surface area contributed by atoms with Gasteiger partial charge in [0.05, 0.1) is 0 Å². The summed E-state index contributed by atoms with van der Waals surface area (Å²) in [7, 11) is 0. The summed E-state index contributed by atoms with van der Waals surface area (Å²) in [4.78, 5) is 10.9. The highest BCUT2D eigenvalue weighted by molar-refractivity contribution is 5.89. The van der Waals surface area contributed by atoms with E-state index in [-0.39, 0.29) is 10.8 Å². The normalized spacial score (nSPS) is 16.7. The standard InChI is InChI=1S/C31H38.C9H18O.C4H6.2C2H6/c1-21-8-18-27(21)29-20-24(22-9-14-25(15-10-22)30(2,3)4)13-19-28(29)23-11-16-26(17-12-23)31(5,6)7;1-4-5-9(10)7-6-8(2)3;1-3-4-2;2*1-2/h9-17,19,21H,8,18,20H2,1-7H3;8H,4-7H2,1-3H3;1H,4H2,2H3;2*1-2H3/b29-27+;;;;. The highest BCUT2D eigenvalue weighted by Gasteiger charge is 2.27. The minimum atomic E-state index is 0.190. The molecule has 0 N–H and O–H groups in total. The summed E-state index contributed by atoms with van der Waals surface area (Å²) in [5.41, 5.74) is 12.0. The van der Waals surface area contributed by atoms with Crippen LogP contribution < -0.4 is 0 Å². The summed E-state index contributed by atoms with van der Waals surface area (Å²) in [6.07, 6.45) is 17.6. The Kier molecular flexibility index (Phi) is 21.8. The Hall–Kier alpha value is -3.11. The molecule has 2 aliphatic carbocycles. The molecule has 0 aliphatic heterocycles. The van der Waals surface area contributed by atoms with Crippen LogP contribution in [0.2, 0.25) is 0 Å². The number of carbonyl (C=O) groups is 1. The van der Waals surface area contributed by atoms with Gasteiger partial charge in [0.25, 0.3) is 0 Å². The summed E-state index contributed by atoms with van der Waals surface area (Å²) in [6.45, 7) is 32.4. The third-order valence-corrected chi connectivity index (χ3v) is 8.89. The van der Waals surface area contributed by atoms with Crippen LogP contribution in [0.15, 0.2) is 71.8 Å². The minimum absolute atomic E-state index is 0.190. The molecule has 0 spiro atoms. The Morgan fingerprint density at radius 2 is 1.27 bits per heavy atom. The van der Waals surface area contributed by atoms with E-state index in [0.717, 1.165) is 44.4 Å². The number of Topliss-reactive ketones (excluding diaryl/α,β-unsaturated/α-hetero) is 1. The molecule has 0 saturated heterocycles. The SMILES string of the molecule is C#CCC.CC.CC.CC1CC/C1=C1/CC(c2ccc(C(C)(C)C)cc2)=CC=C1c1ccc(C(C)(C)C)cc1.CCCC(=O)CCC(C)C. The van der Waals surface area contributed by atoms with E-state index < -0.39 is 0 Å². The van der Waals surface area contributed by atoms with Crippen LogP contribution in [0.3, 0.4) is 0 Å². The van der Waals surface area contributed by atoms with Crippen molar-refractivity contribution in [3.8, 4) is 12.3 Å². The van der Waals surface area contributed by atoms with E-state index in [1.165, 1.54) is 46.2 Å². The van der Waals surface area contributed by atoms with Gasteiger partial charge in [0, 0.05) is 19.3 Å². The van der Waals surface area contributed by atoms with E-state index in [0.29, 0.717) is 11.7 Å². The number of hydrogen-bond donors (Lipinski definition) is 0. The summed E-state index contributed by atoms with van der Waals surface area (Å²) in [5.74, 6) is 4.24. The average molecular weight is 667 g/mol. The molecule has 1 unspecified atom stereocenters. The Bertz CT molecular complexity index is 1350. The maximum absolute atomic E-state index is 10.9. The van der Waals surface area contributed by atoms with Crippen LogP contribution in [-0.4, -0.2) is 5.78 Å². The molecule has 1 heteroatoms. The van der Waals surface area contributed by atoms with E-state index in [2.05, 4.69) is 129 Å². The zero-order valence-electron chi connectivity index (χ0n) is 34.6. The van der Waals surface area contributed by atoms with Crippen LogP contribution in [0.5, 0.6) is 0 Å². The zero-order valence-corrected chi connectivity index (χ0v) is 34.6. The second-order valence-corrected chi connectivity index (χ2v) is 15.3. The van der Waals surface area contributed by atoms with Gasteiger partial charge in [0.1, 0.15) is 5.78 Å². The minimum Gasteiger partial charge on any atom is -0.300 e. The van der Waals surface area contributed by atoms with Gasteiger partial charge in [-0.25, -0.2) is 0 Å². The Labute approximate surface area is 305 Å². The van der Waals surface area contributed by atoms with Gasteiger partial charge in [-0.2, -0.15) is 0 Å². The lowest BCUT2D eigenvalue weighted by Gasteiger charge is -2.33. The number of rotatable bonds is 7. The van der Waals surface area contributed by atoms with Crippen molar-refractivity contribution in [1.29, 1.82) is 0 Å². The van der Waals surface area contributed by atoms with Gasteiger partial charge in [0.2, 0.25) is 0 Å². The van der Waals surface area contributed by atoms with Gasteiger partial charge < -0.3 is 0 Å². The molecular weight excluding hydrogens is 593 g/mol. The van der Waals surface area contributed by atoms with Crippen molar-refractivity contribution >= 4 is 16.9 Å². The van der Waals surface area contributed by atoms with Crippen molar-refractivity contribution < 1.29 is 4.79 Å². The highest BCUT2D eigenvalue weighted by Crippen LogP contribution is 2.45. The number of benzene rings is 2. The number of terminal acetylenes is 1. The van der Waals surface area contributed by atoms with Crippen molar-refractivity contribution in [3.63, 3.8) is 0 Å². The highest BCUT2D eigenvalue weighted by atomic mass is 16.1. The first-order valence-corrected chi connectivity index (χ1v) is 19.4. The summed E-state index contributed by atoms with van der Waals surface area (Å²) in [5, 5.41) is 0. The van der Waals surface area contributed by atoms with Crippen LogP contribution in [0, 0.1) is 24.2 Å². The van der Waals surface area contributed by atoms with Gasteiger partial charge in [-0.1, -0.05) is 170 Å². The smallest absolute Gasteiger partial charge is 0.132 e. The van der Waals surface area contributed by atoms with Gasteiger partial charge in [0.15, 0.2) is 0 Å². The van der Waals surface area contributed by atoms with Gasteiger partial charge >= 0.3 is 0 Å². The monoisotopic (exact) mass is 667 g/mol. The molecule has 2 aliphatic rings. The van der Waals surface area contributed by atoms with Crippen molar-refractivity contribution in [2.75, 3.05) is 0 Å². The van der Waals surface area contributed by atoms with Crippen LogP contribution in [0.1, 0.15) is 177 Å². The molecule has 2 aromatic rings. The molecule has 1 atom stereocenters. The Balaban J connectivity index is 0.00000107. The molecule has 2 aromatic carbocycles. The molecular formula is C48H74O. The molecule has 0 aromatic heterocycles. The first-order chi connectivity index (χ1) is 23.1. The number of allylic oxidation sites excluding steroid dienone is 6. The molecule has 4 rings (SSSR count). The molecule has 1 saturated carbocycles. The maximum atomic E-state index is 10.9. The van der Waals surface area contributed by atoms with Gasteiger partial charge in [-0.05, 0) is 93.7 Å². The second-order valence-electron chi connectivity index (χ2n) is 15.3. The predicted molar refractivity (Wildman–Crippen MR) is 222 cm³/mol. The molecule has 0 radical (unpaired) electrons. The van der Waals surface area contributed by atoms with Crippen LogP contribution in [0.4, 0.5) is 0 Å². The molecule has 0 bridgehead atoms. The van der Waals surface area contributed by atoms with E-state index in [1.807, 2.05) is 41.5 Å². The Morgan fingerprint density at radius 1 is 0.796 bits per heavy atom. The lowest BCUT2D eigenvalue weighted by molar-refractivity contribution is -0.119. The second kappa shape index (κ2) is 23.3. The summed E-state index contributed by atoms with van der Waals surface area (Å²) < 4.78 is 0. The fraction of sp³-hybridized carbons (Fsp3) is 0.562. The van der Waals surface area contributed by atoms with Crippen molar-refractivity contribution in [1.82, 2.24) is 0 Å². The number of hydrogen-bond acceptors (Lipinski definition) is 1. The van der Waals surface area contributed by atoms with E-state index in [1.54, 1.807) is 11.1 Å². The first kappa shape index (κ1) is 45.9. The van der Waals surface area contributed by atoms with Crippen LogP contribution in [-0.2, 0) is 15.6 Å². The molecule has 49 heavy (non-hydrogen) atoms. The van der Waals surface area contributed by atoms with Crippen LogP contribution in [0.25, 0.3) is 11.1 Å². The zero-order chi connectivity index (χ0) is 37.8. The Morgan fingerprint density at radius 3 is 1.61 bits per heavy atom. The lowest BCUT2D eigenvalue weighted by atomic mass is 9.72. The summed E-state index contributed by atoms with van der Waals surface area (Å²) >= 11 is 0. The number of ketones is 1. The van der Waals surface area contributed by atoms with Crippen LogP contribution >= 0.6 is 0 Å². The van der Waals surface area contributed by atoms with Crippen molar-refractivity contribution in [2.45, 2.75) is 166 Å². The lowest BCUT2D eigenvalue weighted by Crippen LogP contribution is -2.16. The van der Waals surface area contributed by atoms with E-state index in [9.17, 15) is 4.79 Å². The van der Waals surface area contributed by atoms with E-state index in [4.69, 9.17) is 6.42 Å². The van der Waals surface area contributed by atoms with E-state index >= 15 is 0 Å². The van der Waals surface area contributed by atoms with Crippen molar-refractivity contribution in [3.05, 3.63) is 94.1 Å². The third kappa shape index (κ3) is 16.0. The fourth-order valence-corrected chi connectivity index (χ4v) is 5.60. The molecule has 1 fully saturated rings. The summed E-state index contributed by atoms with van der Waals surface area (Å²) in [6, 6.07) is 18.5. The number of carbonyl (C=O) groups excluding carboxylic acids is 1. The topological polar surface area (TPSA) is 17.1 Å². The third-order valence-electron chi connectivity index (χ3n) is 8.89.